The molecular formula is C59H65Cl4O4PS3. The second-order valence-electron chi connectivity index (χ2n) is 16.1. The molecule has 0 amide bonds. The Morgan fingerprint density at radius 1 is 0.690 bits per heavy atom. The number of carbonyl (C=O) groups is 3. The molecule has 1 aliphatic carbocycles. The van der Waals surface area contributed by atoms with Gasteiger partial charge in [0.25, 0.3) is 0 Å². The van der Waals surface area contributed by atoms with Crippen LogP contribution in [0.25, 0.3) is 22.9 Å². The van der Waals surface area contributed by atoms with Gasteiger partial charge in [-0.3, -0.25) is 9.59 Å². The first-order valence-electron chi connectivity index (χ1n) is 22.6. The highest BCUT2D eigenvalue weighted by Crippen LogP contribution is 2.40. The second-order valence-corrected chi connectivity index (χ2v) is 23.1. The van der Waals surface area contributed by atoms with Gasteiger partial charge < -0.3 is 9.36 Å². The van der Waals surface area contributed by atoms with Crippen LogP contribution in [0.4, 0.5) is 0 Å². The largest absolute Gasteiger partial charge is 0.324 e. The van der Waals surface area contributed by atoms with Crippen molar-refractivity contribution in [1.29, 1.82) is 0 Å². The number of rotatable bonds is 14. The molecule has 4 nitrogen and oxygen atoms in total. The molecule has 0 aliphatic heterocycles. The Morgan fingerprint density at radius 3 is 1.61 bits per heavy atom. The van der Waals surface area contributed by atoms with Crippen LogP contribution in [0.1, 0.15) is 124 Å². The van der Waals surface area contributed by atoms with Gasteiger partial charge in [-0.25, -0.2) is 0 Å². The average Bonchev–Trinajstić information content (AvgIpc) is 3.79. The summed E-state index contributed by atoms with van der Waals surface area (Å²) in [6.07, 6.45) is 31.1. The first-order chi connectivity index (χ1) is 33.5. The molecule has 0 aromatic heterocycles. The number of allylic oxidation sites excluding steroid dienone is 2. The van der Waals surface area contributed by atoms with Crippen molar-refractivity contribution >= 4 is 126 Å². The molecule has 0 unspecified atom stereocenters. The van der Waals surface area contributed by atoms with Gasteiger partial charge in [0.15, 0.2) is 5.78 Å². The van der Waals surface area contributed by atoms with E-state index in [1.165, 1.54) is 23.6 Å². The molecule has 0 N–H and O–H groups in total. The van der Waals surface area contributed by atoms with E-state index in [9.17, 15) is 18.9 Å². The summed E-state index contributed by atoms with van der Waals surface area (Å²) in [5, 5.41) is 5.07. The van der Waals surface area contributed by atoms with Crippen molar-refractivity contribution in [1.82, 2.24) is 0 Å². The zero-order valence-electron chi connectivity index (χ0n) is 40.3. The highest BCUT2D eigenvalue weighted by molar-refractivity contribution is 8.37. The average molecular weight is 1110 g/mol. The van der Waals surface area contributed by atoms with Gasteiger partial charge in [0.1, 0.15) is 6.29 Å². The van der Waals surface area contributed by atoms with Crippen LogP contribution in [-0.2, 0) is 64.4 Å². The molecule has 0 saturated carbocycles. The predicted octanol–water partition coefficient (Wildman–Crippen LogP) is 17.5. The molecule has 0 fully saturated rings. The standard InChI is InChI=1S/C15H13ClO.C15H15ClO.C13H13Cl.C9H12ClOP.C6H8O.CH4.S3/c1-9(17)15-13-4-2-3-10(13)7-11-5-6-12(16)8-14(11)15;1-13(17)7-5-3-2-4-6-8-14-9-11-15(16)12-10-14;1-2-3-4-5-6-7-12-8-10-13(14)11-9-12;1-12(2,11)7-8-3-5-9(10)6-4-8;1-2-3-4-5-6-7;;1-3-2/h5-8H,2-4H2,1H3;6,8-12H,2-4H2,1H3;1,6-11H,3-5H2;3-6H,7H2,1-2H3;1,6H,3-5H2;1H4;/b;8-6+;7-6+;;;;. The molecule has 376 valence electrons. The molecule has 0 radical (unpaired) electrons. The number of unbranched alkanes of at least 4 members (excludes halogenated alkanes) is 6. The van der Waals surface area contributed by atoms with E-state index in [4.69, 9.17) is 59.3 Å². The van der Waals surface area contributed by atoms with Crippen molar-refractivity contribution in [2.45, 2.75) is 104 Å². The molecule has 5 aromatic carbocycles. The van der Waals surface area contributed by atoms with E-state index in [2.05, 4.69) is 76.4 Å². The van der Waals surface area contributed by atoms with Gasteiger partial charge in [0.2, 0.25) is 5.78 Å². The second kappa shape index (κ2) is 40.1. The molecular weight excluding hydrogens is 1040 g/mol. The molecule has 12 heteroatoms. The molecule has 5 aromatic rings. The number of hydrogen-bond acceptors (Lipinski definition) is 6. The number of aryl methyl sites for hydroxylation is 1. The lowest BCUT2D eigenvalue weighted by Gasteiger charge is -2.10. The van der Waals surface area contributed by atoms with E-state index >= 15 is 0 Å². The van der Waals surface area contributed by atoms with Crippen molar-refractivity contribution in [3.8, 4) is 36.5 Å². The topological polar surface area (TPSA) is 68.3 Å². The van der Waals surface area contributed by atoms with Crippen molar-refractivity contribution in [2.24, 2.45) is 0 Å². The number of fused-ring (bicyclic) bond motifs is 2. The maximum absolute atomic E-state index is 11.9. The van der Waals surface area contributed by atoms with E-state index in [0.29, 0.717) is 17.6 Å². The van der Waals surface area contributed by atoms with Crippen LogP contribution in [0.2, 0.25) is 20.1 Å². The number of hydrogen-bond donors (Lipinski definition) is 0. The maximum Gasteiger partial charge on any atom is 0.202 e. The normalized spacial score (nSPS) is 10.6. The number of terminal acetylenes is 2. The fraction of sp³-hybridized carbons (Fsp3) is 0.305. The minimum absolute atomic E-state index is 0. The van der Waals surface area contributed by atoms with Crippen LogP contribution in [0, 0.1) is 36.5 Å². The van der Waals surface area contributed by atoms with E-state index in [-0.39, 0.29) is 19.0 Å². The third kappa shape index (κ3) is 32.3. The summed E-state index contributed by atoms with van der Waals surface area (Å²) >= 11 is 31.6. The summed E-state index contributed by atoms with van der Waals surface area (Å²) in [4.78, 5) is 32.0. The zero-order valence-corrected chi connectivity index (χ0v) is 46.7. The van der Waals surface area contributed by atoms with Gasteiger partial charge in [0, 0.05) is 95.7 Å². The molecule has 0 heterocycles. The number of benzene rings is 5. The number of aldehydes is 1. The van der Waals surface area contributed by atoms with Crippen molar-refractivity contribution in [3.05, 3.63) is 163 Å². The van der Waals surface area contributed by atoms with Gasteiger partial charge >= 0.3 is 0 Å². The van der Waals surface area contributed by atoms with Gasteiger partial charge in [-0.1, -0.05) is 133 Å². The van der Waals surface area contributed by atoms with Gasteiger partial charge in [0.05, 0.1) is 7.14 Å². The highest BCUT2D eigenvalue weighted by atomic mass is 35.5. The summed E-state index contributed by atoms with van der Waals surface area (Å²) < 4.78 is 11.4. The monoisotopic (exact) mass is 1100 g/mol. The number of ketones is 2. The van der Waals surface area contributed by atoms with Crippen LogP contribution in [-0.4, -0.2) is 31.2 Å². The highest BCUT2D eigenvalue weighted by Gasteiger charge is 2.20. The Kier molecular flexibility index (Phi) is 37.6. The fourth-order valence-electron chi connectivity index (χ4n) is 6.56. The lowest BCUT2D eigenvalue weighted by Crippen LogP contribution is -2.01. The van der Waals surface area contributed by atoms with E-state index < -0.39 is 7.14 Å². The number of halogens is 4. The molecule has 0 spiro atoms. The van der Waals surface area contributed by atoms with Crippen molar-refractivity contribution in [3.63, 3.8) is 0 Å². The van der Waals surface area contributed by atoms with E-state index in [1.807, 2.05) is 91.0 Å². The Hall–Kier alpha value is -4.42. The first kappa shape index (κ1) is 66.6. The number of carbonyl (C=O) groups excluding carboxylic acids is 3. The van der Waals surface area contributed by atoms with Gasteiger partial charge in [-0.15, -0.1) is 24.7 Å². The van der Waals surface area contributed by atoms with Crippen LogP contribution >= 0.6 is 53.5 Å². The Bertz CT molecular complexity index is 2700. The van der Waals surface area contributed by atoms with E-state index in [0.717, 1.165) is 128 Å². The Labute approximate surface area is 458 Å². The molecule has 1 aliphatic rings. The quantitative estimate of drug-likeness (QED) is 0.0276. The summed E-state index contributed by atoms with van der Waals surface area (Å²) in [6.45, 7) is 6.71. The molecule has 0 saturated heterocycles. The molecule has 6 rings (SSSR count). The molecule has 0 bridgehead atoms. The van der Waals surface area contributed by atoms with Crippen LogP contribution in [0.3, 0.4) is 0 Å². The number of Topliss-reactive ketones (excluding diaryl/α,β-unsaturated/α-hetero) is 2. The molecule has 71 heavy (non-hydrogen) atoms. The van der Waals surface area contributed by atoms with Crippen LogP contribution in [0.5, 0.6) is 0 Å². The van der Waals surface area contributed by atoms with Gasteiger partial charge in [-0.05, 0) is 165 Å². The van der Waals surface area contributed by atoms with Gasteiger partial charge in [-0.2, -0.15) is 0 Å². The molecule has 0 atom stereocenters. The van der Waals surface area contributed by atoms with Crippen molar-refractivity contribution in [2.75, 3.05) is 13.3 Å². The summed E-state index contributed by atoms with van der Waals surface area (Å²) in [5.41, 5.74) is 6.88. The SMILES string of the molecule is C.C#CCCC/C=C/c1ccc(Cl)cc1.C#CCCCC=O.CC(=O)C#CCCC/C=C/c1ccc(Cl)cc1.CC(=O)c1c2c(cc3ccc(Cl)cc13)CCC2.CP(C)(=O)Cc1ccc(Cl)cc1.S=S=S. The zero-order chi connectivity index (χ0) is 52.2. The van der Waals surface area contributed by atoms with Crippen LogP contribution in [0.15, 0.2) is 109 Å². The minimum atomic E-state index is -1.95. The lowest BCUT2D eigenvalue weighted by molar-refractivity contribution is -0.112. The summed E-state index contributed by atoms with van der Waals surface area (Å²) in [5.74, 6) is 10.5. The summed E-state index contributed by atoms with van der Waals surface area (Å²) in [6, 6.07) is 31.0. The predicted molar refractivity (Wildman–Crippen MR) is 319 cm³/mol. The third-order valence-corrected chi connectivity index (χ3v) is 11.8. The van der Waals surface area contributed by atoms with Crippen molar-refractivity contribution < 1.29 is 18.9 Å². The Morgan fingerprint density at radius 2 is 1.15 bits per heavy atom. The van der Waals surface area contributed by atoms with Crippen LogP contribution < -0.4 is 0 Å². The fourth-order valence-corrected chi connectivity index (χ4v) is 8.20. The van der Waals surface area contributed by atoms with E-state index in [1.54, 1.807) is 20.3 Å². The maximum atomic E-state index is 11.9. The summed E-state index contributed by atoms with van der Waals surface area (Å²) in [7, 11) is -1.03. The minimum Gasteiger partial charge on any atom is -0.324 e. The third-order valence-electron chi connectivity index (χ3n) is 9.64. The Balaban J connectivity index is 0.000000867. The lowest BCUT2D eigenvalue weighted by atomic mass is 9.93. The smallest absolute Gasteiger partial charge is 0.202 e. The first-order valence-corrected chi connectivity index (χ1v) is 29.5.